The third-order valence-electron chi connectivity index (χ3n) is 2.50. The molecule has 0 aromatic carbocycles. The van der Waals surface area contributed by atoms with E-state index in [-0.39, 0.29) is 10.8 Å². The molecule has 0 unspecified atom stereocenters. The zero-order chi connectivity index (χ0) is 13.7. The van der Waals surface area contributed by atoms with E-state index >= 15 is 0 Å². The van der Waals surface area contributed by atoms with Gasteiger partial charge in [0.1, 0.15) is 4.88 Å². The first-order valence-electron chi connectivity index (χ1n) is 5.66. The van der Waals surface area contributed by atoms with Crippen LogP contribution in [0.2, 0.25) is 0 Å². The fourth-order valence-corrected chi connectivity index (χ4v) is 2.28. The first-order valence-corrected chi connectivity index (χ1v) is 6.54. The third kappa shape index (κ3) is 3.62. The molecule has 0 spiro atoms. The molecule has 0 atom stereocenters. The van der Waals surface area contributed by atoms with Gasteiger partial charge in [0.2, 0.25) is 5.91 Å². The standard InChI is InChI=1S/C13H12N2O3S/c16-11(4-3-9-2-1-6-14-8-9)15-10-5-7-19-12(10)13(17)18/h1-2,5-8H,3-4H2,(H,15,16)(H,17,18). The van der Waals surface area contributed by atoms with Crippen molar-refractivity contribution in [3.05, 3.63) is 46.4 Å². The van der Waals surface area contributed by atoms with Gasteiger partial charge in [-0.2, -0.15) is 0 Å². The number of aromatic nitrogens is 1. The highest BCUT2D eigenvalue weighted by Crippen LogP contribution is 2.22. The number of nitrogens with zero attached hydrogens (tertiary/aromatic N) is 1. The summed E-state index contributed by atoms with van der Waals surface area (Å²) < 4.78 is 0. The fraction of sp³-hybridized carbons (Fsp3) is 0.154. The zero-order valence-electron chi connectivity index (χ0n) is 10.00. The Bertz CT molecular complexity index is 581. The summed E-state index contributed by atoms with van der Waals surface area (Å²) in [5.41, 5.74) is 1.33. The van der Waals surface area contributed by atoms with Gasteiger partial charge in [-0.3, -0.25) is 9.78 Å². The van der Waals surface area contributed by atoms with E-state index in [9.17, 15) is 9.59 Å². The first-order chi connectivity index (χ1) is 9.16. The molecule has 0 radical (unpaired) electrons. The molecule has 0 fully saturated rings. The Kier molecular flexibility index (Phi) is 4.25. The number of carbonyl (C=O) groups excluding carboxylic acids is 1. The van der Waals surface area contributed by atoms with Gasteiger partial charge in [0.25, 0.3) is 0 Å². The Labute approximate surface area is 113 Å². The predicted molar refractivity (Wildman–Crippen MR) is 72.5 cm³/mol. The van der Waals surface area contributed by atoms with Crippen molar-refractivity contribution in [2.75, 3.05) is 5.32 Å². The lowest BCUT2D eigenvalue weighted by Gasteiger charge is -2.04. The summed E-state index contributed by atoms with van der Waals surface area (Å²) in [4.78, 5) is 26.7. The molecule has 2 aromatic heterocycles. The summed E-state index contributed by atoms with van der Waals surface area (Å²) >= 11 is 1.09. The largest absolute Gasteiger partial charge is 0.477 e. The number of nitrogens with one attached hydrogen (secondary N) is 1. The van der Waals surface area contributed by atoms with Crippen LogP contribution in [-0.2, 0) is 11.2 Å². The third-order valence-corrected chi connectivity index (χ3v) is 3.40. The number of pyridine rings is 1. The van der Waals surface area contributed by atoms with Crippen LogP contribution in [0.15, 0.2) is 36.0 Å². The van der Waals surface area contributed by atoms with Gasteiger partial charge in [0.05, 0.1) is 5.69 Å². The van der Waals surface area contributed by atoms with Crippen LogP contribution in [0.5, 0.6) is 0 Å². The van der Waals surface area contributed by atoms with Gasteiger partial charge in [-0.05, 0) is 29.5 Å². The minimum absolute atomic E-state index is 0.148. The van der Waals surface area contributed by atoms with Crippen LogP contribution in [-0.4, -0.2) is 22.0 Å². The molecule has 1 amide bonds. The second kappa shape index (κ2) is 6.10. The van der Waals surface area contributed by atoms with E-state index in [1.54, 1.807) is 23.8 Å². The van der Waals surface area contributed by atoms with Crippen LogP contribution < -0.4 is 5.32 Å². The van der Waals surface area contributed by atoms with Crippen molar-refractivity contribution in [2.45, 2.75) is 12.8 Å². The lowest BCUT2D eigenvalue weighted by Crippen LogP contribution is -2.13. The quantitative estimate of drug-likeness (QED) is 0.879. The van der Waals surface area contributed by atoms with Crippen molar-refractivity contribution in [1.29, 1.82) is 0 Å². The van der Waals surface area contributed by atoms with Gasteiger partial charge in [0, 0.05) is 18.8 Å². The number of carboxylic acid groups (broad SMARTS) is 1. The van der Waals surface area contributed by atoms with Gasteiger partial charge >= 0.3 is 5.97 Å². The maximum atomic E-state index is 11.7. The Balaban J connectivity index is 1.91. The van der Waals surface area contributed by atoms with E-state index in [0.29, 0.717) is 18.5 Å². The van der Waals surface area contributed by atoms with Crippen LogP contribution in [0.3, 0.4) is 0 Å². The highest BCUT2D eigenvalue weighted by Gasteiger charge is 2.13. The van der Waals surface area contributed by atoms with Crippen molar-refractivity contribution >= 4 is 28.9 Å². The number of anilines is 1. The van der Waals surface area contributed by atoms with E-state index in [1.807, 2.05) is 12.1 Å². The highest BCUT2D eigenvalue weighted by molar-refractivity contribution is 7.12. The van der Waals surface area contributed by atoms with Crippen molar-refractivity contribution in [2.24, 2.45) is 0 Å². The van der Waals surface area contributed by atoms with Crippen molar-refractivity contribution in [3.63, 3.8) is 0 Å². The Hall–Kier alpha value is -2.21. The van der Waals surface area contributed by atoms with Crippen LogP contribution in [0, 0.1) is 0 Å². The lowest BCUT2D eigenvalue weighted by atomic mass is 10.1. The second-order valence-corrected chi connectivity index (χ2v) is 4.79. The molecule has 19 heavy (non-hydrogen) atoms. The number of hydrogen-bond acceptors (Lipinski definition) is 4. The van der Waals surface area contributed by atoms with Crippen molar-refractivity contribution in [3.8, 4) is 0 Å². The highest BCUT2D eigenvalue weighted by atomic mass is 32.1. The number of amides is 1. The molecule has 98 valence electrons. The minimum Gasteiger partial charge on any atom is -0.477 e. The normalized spacial score (nSPS) is 10.1. The Morgan fingerprint density at radius 3 is 2.89 bits per heavy atom. The van der Waals surface area contributed by atoms with Gasteiger partial charge < -0.3 is 10.4 Å². The summed E-state index contributed by atoms with van der Waals surface area (Å²) in [6.45, 7) is 0. The van der Waals surface area contributed by atoms with Crippen molar-refractivity contribution < 1.29 is 14.7 Å². The number of carboxylic acids is 1. The summed E-state index contributed by atoms with van der Waals surface area (Å²) in [5.74, 6) is -1.23. The van der Waals surface area contributed by atoms with E-state index in [2.05, 4.69) is 10.3 Å². The monoisotopic (exact) mass is 276 g/mol. The lowest BCUT2D eigenvalue weighted by molar-refractivity contribution is -0.116. The zero-order valence-corrected chi connectivity index (χ0v) is 10.8. The molecule has 0 bridgehead atoms. The Morgan fingerprint density at radius 1 is 1.37 bits per heavy atom. The van der Waals surface area contributed by atoms with Crippen LogP contribution in [0.25, 0.3) is 0 Å². The van der Waals surface area contributed by atoms with E-state index in [4.69, 9.17) is 5.11 Å². The molecule has 5 nitrogen and oxygen atoms in total. The molecule has 2 heterocycles. The summed E-state index contributed by atoms with van der Waals surface area (Å²) in [5, 5.41) is 13.2. The van der Waals surface area contributed by atoms with Gasteiger partial charge in [-0.1, -0.05) is 6.07 Å². The van der Waals surface area contributed by atoms with Gasteiger partial charge in [-0.25, -0.2) is 4.79 Å². The number of hydrogen-bond donors (Lipinski definition) is 2. The summed E-state index contributed by atoms with van der Waals surface area (Å²) in [6, 6.07) is 5.30. The van der Waals surface area contributed by atoms with Crippen LogP contribution in [0.4, 0.5) is 5.69 Å². The average molecular weight is 276 g/mol. The summed E-state index contributed by atoms with van der Waals surface area (Å²) in [7, 11) is 0. The molecule has 2 N–H and O–H groups in total. The molecule has 0 aliphatic carbocycles. The summed E-state index contributed by atoms with van der Waals surface area (Å²) in [6.07, 6.45) is 4.25. The second-order valence-electron chi connectivity index (χ2n) is 3.88. The molecule has 0 aliphatic heterocycles. The molecular formula is C13H12N2O3S. The van der Waals surface area contributed by atoms with E-state index < -0.39 is 5.97 Å². The molecule has 0 saturated heterocycles. The molecule has 0 aliphatic rings. The minimum atomic E-state index is -1.03. The number of aryl methyl sites for hydroxylation is 1. The van der Waals surface area contributed by atoms with E-state index in [0.717, 1.165) is 16.9 Å². The first kappa shape index (κ1) is 13.2. The van der Waals surface area contributed by atoms with Gasteiger partial charge in [-0.15, -0.1) is 11.3 Å². The van der Waals surface area contributed by atoms with E-state index in [1.165, 1.54) is 0 Å². The average Bonchev–Trinajstić information content (AvgIpc) is 2.86. The molecule has 6 heteroatoms. The predicted octanol–water partition coefficient (Wildman–Crippen LogP) is 2.41. The molecule has 2 rings (SSSR count). The molecule has 0 saturated carbocycles. The topological polar surface area (TPSA) is 79.3 Å². The van der Waals surface area contributed by atoms with Crippen LogP contribution >= 0.6 is 11.3 Å². The van der Waals surface area contributed by atoms with Crippen LogP contribution in [0.1, 0.15) is 21.7 Å². The number of aromatic carboxylic acids is 1. The number of carbonyl (C=O) groups is 2. The molecule has 2 aromatic rings. The Morgan fingerprint density at radius 2 is 2.21 bits per heavy atom. The smallest absolute Gasteiger partial charge is 0.348 e. The number of rotatable bonds is 5. The van der Waals surface area contributed by atoms with Gasteiger partial charge in [0.15, 0.2) is 0 Å². The fourth-order valence-electron chi connectivity index (χ4n) is 1.59. The van der Waals surface area contributed by atoms with Crippen molar-refractivity contribution in [1.82, 2.24) is 4.98 Å². The number of thiophene rings is 1. The maximum Gasteiger partial charge on any atom is 0.348 e. The molecular weight excluding hydrogens is 264 g/mol. The maximum absolute atomic E-state index is 11.7. The SMILES string of the molecule is O=C(CCc1cccnc1)Nc1ccsc1C(=O)O.